The van der Waals surface area contributed by atoms with Gasteiger partial charge in [0.2, 0.25) is 0 Å². The normalized spacial score (nSPS) is 19.4. The first kappa shape index (κ1) is 15.6. The van der Waals surface area contributed by atoms with Crippen LogP contribution in [0.25, 0.3) is 11.0 Å². The molecule has 0 unspecified atom stereocenters. The molecule has 0 bridgehead atoms. The van der Waals surface area contributed by atoms with Crippen molar-refractivity contribution in [3.63, 3.8) is 0 Å². The van der Waals surface area contributed by atoms with Crippen molar-refractivity contribution in [2.75, 3.05) is 0 Å². The van der Waals surface area contributed by atoms with E-state index >= 15 is 0 Å². The van der Waals surface area contributed by atoms with E-state index in [1.807, 2.05) is 42.5 Å². The van der Waals surface area contributed by atoms with Gasteiger partial charge in [-0.1, -0.05) is 42.5 Å². The van der Waals surface area contributed by atoms with Crippen LogP contribution in [0.3, 0.4) is 0 Å². The smallest absolute Gasteiger partial charge is 0.354 e. The Hall–Kier alpha value is -2.90. The summed E-state index contributed by atoms with van der Waals surface area (Å²) in [6.45, 7) is 0. The monoisotopic (exact) mass is 331 g/mol. The molecular formula is C21H17NO3. The van der Waals surface area contributed by atoms with Gasteiger partial charge in [0.1, 0.15) is 17.2 Å². The van der Waals surface area contributed by atoms with Gasteiger partial charge in [0.25, 0.3) is 0 Å². The molecule has 4 rings (SSSR count). The average Bonchev–Trinajstić information content (AvgIpc) is 2.64. The summed E-state index contributed by atoms with van der Waals surface area (Å²) in [6, 6.07) is 17.1. The average molecular weight is 331 g/mol. The highest BCUT2D eigenvalue weighted by Crippen LogP contribution is 2.37. The van der Waals surface area contributed by atoms with Crippen molar-refractivity contribution < 1.29 is 9.52 Å². The van der Waals surface area contributed by atoms with Gasteiger partial charge in [-0.2, -0.15) is 5.26 Å². The van der Waals surface area contributed by atoms with Gasteiger partial charge in [0, 0.05) is 5.39 Å². The third kappa shape index (κ3) is 2.63. The number of aryl methyl sites for hydroxylation is 1. The molecule has 2 atom stereocenters. The molecule has 0 amide bonds. The maximum Gasteiger partial charge on any atom is 0.354 e. The van der Waals surface area contributed by atoms with Gasteiger partial charge in [0.15, 0.2) is 0 Å². The third-order valence-electron chi connectivity index (χ3n) is 5.10. The van der Waals surface area contributed by atoms with E-state index in [1.54, 1.807) is 12.1 Å². The minimum absolute atomic E-state index is 0.0350. The Kier molecular flexibility index (Phi) is 3.87. The zero-order valence-corrected chi connectivity index (χ0v) is 13.6. The Bertz CT molecular complexity index is 1040. The van der Waals surface area contributed by atoms with Crippen molar-refractivity contribution in [3.05, 3.63) is 81.2 Å². The molecule has 1 aromatic heterocycles. The number of aliphatic hydroxyl groups excluding tert-OH is 1. The standard InChI is InChI=1S/C21H17NO3/c22-12-18-17(16-7-3-4-8-19(16)25-21(18)24)11-14-10-9-13-5-1-2-6-15(13)20(14)23/h1-8,14,20,23H,9-11H2/t14-,20-/m0/s1. The van der Waals surface area contributed by atoms with E-state index in [2.05, 4.69) is 0 Å². The van der Waals surface area contributed by atoms with Crippen LogP contribution in [0.5, 0.6) is 0 Å². The minimum Gasteiger partial charge on any atom is -0.422 e. The Balaban J connectivity index is 1.79. The molecule has 1 aliphatic rings. The second-order valence-electron chi connectivity index (χ2n) is 6.50. The molecular weight excluding hydrogens is 314 g/mol. The summed E-state index contributed by atoms with van der Waals surface area (Å²) in [4.78, 5) is 12.2. The van der Waals surface area contributed by atoms with E-state index in [4.69, 9.17) is 4.42 Å². The molecule has 0 saturated heterocycles. The summed E-state index contributed by atoms with van der Waals surface area (Å²) < 4.78 is 5.26. The summed E-state index contributed by atoms with van der Waals surface area (Å²) in [5.41, 5.74) is 2.71. The molecule has 4 heteroatoms. The number of rotatable bonds is 2. The van der Waals surface area contributed by atoms with Gasteiger partial charge >= 0.3 is 5.63 Å². The summed E-state index contributed by atoms with van der Waals surface area (Å²) >= 11 is 0. The summed E-state index contributed by atoms with van der Waals surface area (Å²) in [5, 5.41) is 21.0. The molecule has 0 radical (unpaired) electrons. The number of para-hydroxylation sites is 1. The Labute approximate surface area is 145 Å². The molecule has 0 fully saturated rings. The van der Waals surface area contributed by atoms with Crippen molar-refractivity contribution in [1.29, 1.82) is 5.26 Å². The van der Waals surface area contributed by atoms with Crippen LogP contribution < -0.4 is 5.63 Å². The van der Waals surface area contributed by atoms with Crippen molar-refractivity contribution in [3.8, 4) is 6.07 Å². The fraction of sp³-hybridized carbons (Fsp3) is 0.238. The molecule has 0 saturated carbocycles. The van der Waals surface area contributed by atoms with Gasteiger partial charge in [-0.3, -0.25) is 0 Å². The molecule has 0 spiro atoms. The van der Waals surface area contributed by atoms with Crippen molar-refractivity contribution >= 4 is 11.0 Å². The van der Waals surface area contributed by atoms with Crippen LogP contribution in [-0.4, -0.2) is 5.11 Å². The maximum atomic E-state index is 12.2. The van der Waals surface area contributed by atoms with E-state index in [0.29, 0.717) is 17.6 Å². The first-order chi connectivity index (χ1) is 12.2. The highest BCUT2D eigenvalue weighted by atomic mass is 16.4. The lowest BCUT2D eigenvalue weighted by molar-refractivity contribution is 0.0937. The number of benzene rings is 2. The minimum atomic E-state index is -0.609. The molecule has 1 N–H and O–H groups in total. The highest BCUT2D eigenvalue weighted by Gasteiger charge is 2.29. The number of nitriles is 1. The maximum absolute atomic E-state index is 12.2. The van der Waals surface area contributed by atoms with Crippen LogP contribution in [0.2, 0.25) is 0 Å². The zero-order chi connectivity index (χ0) is 17.4. The number of hydrogen-bond donors (Lipinski definition) is 1. The largest absolute Gasteiger partial charge is 0.422 e. The lowest BCUT2D eigenvalue weighted by Gasteiger charge is -2.30. The molecule has 4 nitrogen and oxygen atoms in total. The fourth-order valence-corrected chi connectivity index (χ4v) is 3.82. The van der Waals surface area contributed by atoms with E-state index < -0.39 is 11.7 Å². The van der Waals surface area contributed by atoms with Gasteiger partial charge in [-0.15, -0.1) is 0 Å². The summed E-state index contributed by atoms with van der Waals surface area (Å²) in [5.74, 6) is -0.0350. The molecule has 1 aliphatic carbocycles. The second kappa shape index (κ2) is 6.19. The van der Waals surface area contributed by atoms with E-state index in [0.717, 1.165) is 23.8 Å². The quantitative estimate of drug-likeness (QED) is 0.729. The van der Waals surface area contributed by atoms with Gasteiger partial charge in [0.05, 0.1) is 6.10 Å². The first-order valence-corrected chi connectivity index (χ1v) is 8.39. The van der Waals surface area contributed by atoms with Crippen LogP contribution >= 0.6 is 0 Å². The van der Waals surface area contributed by atoms with Crippen molar-refractivity contribution in [2.45, 2.75) is 25.4 Å². The number of fused-ring (bicyclic) bond motifs is 2. The lowest BCUT2D eigenvalue weighted by Crippen LogP contribution is -2.23. The number of nitrogens with zero attached hydrogens (tertiary/aromatic N) is 1. The topological polar surface area (TPSA) is 74.2 Å². The SMILES string of the molecule is N#Cc1c(C[C@@H]2CCc3ccccc3[C@H]2O)c2ccccc2oc1=O. The highest BCUT2D eigenvalue weighted by molar-refractivity contribution is 5.82. The van der Waals surface area contributed by atoms with Crippen molar-refractivity contribution in [2.24, 2.45) is 5.92 Å². The van der Waals surface area contributed by atoms with Crippen LogP contribution in [0.15, 0.2) is 57.7 Å². The van der Waals surface area contributed by atoms with Gasteiger partial charge < -0.3 is 9.52 Å². The summed E-state index contributed by atoms with van der Waals surface area (Å²) in [6.07, 6.45) is 1.59. The molecule has 124 valence electrons. The molecule has 25 heavy (non-hydrogen) atoms. The van der Waals surface area contributed by atoms with E-state index in [1.165, 1.54) is 5.56 Å². The van der Waals surface area contributed by atoms with Crippen LogP contribution in [0.1, 0.15) is 34.8 Å². The molecule has 0 aliphatic heterocycles. The molecule has 2 aromatic carbocycles. The predicted octanol–water partition coefficient (Wildman–Crippen LogP) is 3.50. The first-order valence-electron chi connectivity index (χ1n) is 8.39. The van der Waals surface area contributed by atoms with Crippen LogP contribution in [0, 0.1) is 17.2 Å². The fourth-order valence-electron chi connectivity index (χ4n) is 3.82. The Morgan fingerprint density at radius 3 is 2.76 bits per heavy atom. The van der Waals surface area contributed by atoms with Crippen molar-refractivity contribution in [1.82, 2.24) is 0 Å². The Morgan fingerprint density at radius 2 is 1.92 bits per heavy atom. The van der Waals surface area contributed by atoms with E-state index in [-0.39, 0.29) is 11.5 Å². The van der Waals surface area contributed by atoms with Gasteiger partial charge in [-0.05, 0) is 47.9 Å². The second-order valence-corrected chi connectivity index (χ2v) is 6.50. The molecule has 1 heterocycles. The van der Waals surface area contributed by atoms with Crippen LogP contribution in [0.4, 0.5) is 0 Å². The third-order valence-corrected chi connectivity index (χ3v) is 5.10. The zero-order valence-electron chi connectivity index (χ0n) is 13.6. The van der Waals surface area contributed by atoms with Gasteiger partial charge in [-0.25, -0.2) is 4.79 Å². The summed E-state index contributed by atoms with van der Waals surface area (Å²) in [7, 11) is 0. The molecule has 3 aromatic rings. The Morgan fingerprint density at radius 1 is 1.16 bits per heavy atom. The van der Waals surface area contributed by atoms with Crippen LogP contribution in [-0.2, 0) is 12.8 Å². The number of aliphatic hydroxyl groups is 1. The van der Waals surface area contributed by atoms with E-state index in [9.17, 15) is 15.2 Å². The predicted molar refractivity (Wildman–Crippen MR) is 94.1 cm³/mol. The number of hydrogen-bond acceptors (Lipinski definition) is 4. The lowest BCUT2D eigenvalue weighted by atomic mass is 9.78.